The second kappa shape index (κ2) is 7.50. The number of carbonyl (C=O) groups is 1. The van der Waals surface area contributed by atoms with E-state index in [9.17, 15) is 4.79 Å². The molecule has 0 radical (unpaired) electrons. The molecule has 4 nitrogen and oxygen atoms in total. The Labute approximate surface area is 169 Å². The van der Waals surface area contributed by atoms with Crippen LogP contribution in [0.25, 0.3) is 20.8 Å². The standard InChI is InChI=1S/C21H16BrN3OS/c1-13-12-14(20-24-18-4-2-3-5-19(18)27-20)6-11-17(13)25-21(26)23-16-9-7-15(22)8-10-16/h2-12H,1H3,(H2,23,25,26). The second-order valence-corrected chi connectivity index (χ2v) is 8.05. The molecular weight excluding hydrogens is 422 g/mol. The van der Waals surface area contributed by atoms with Gasteiger partial charge in [0.25, 0.3) is 0 Å². The maximum absolute atomic E-state index is 12.2. The lowest BCUT2D eigenvalue weighted by atomic mass is 10.1. The van der Waals surface area contributed by atoms with E-state index < -0.39 is 0 Å². The number of anilines is 2. The molecule has 4 aromatic rings. The van der Waals surface area contributed by atoms with Crippen molar-refractivity contribution >= 4 is 54.9 Å². The Hall–Kier alpha value is -2.70. The molecule has 0 aliphatic carbocycles. The smallest absolute Gasteiger partial charge is 0.308 e. The second-order valence-electron chi connectivity index (χ2n) is 6.10. The fraction of sp³-hybridized carbons (Fsp3) is 0.0476. The predicted octanol–water partition coefficient (Wildman–Crippen LogP) is 6.68. The van der Waals surface area contributed by atoms with Crippen LogP contribution in [0.5, 0.6) is 0 Å². The Morgan fingerprint density at radius 3 is 2.52 bits per heavy atom. The minimum atomic E-state index is -0.270. The molecule has 0 spiro atoms. The highest BCUT2D eigenvalue weighted by molar-refractivity contribution is 9.10. The van der Waals surface area contributed by atoms with Crippen molar-refractivity contribution in [1.29, 1.82) is 0 Å². The van der Waals surface area contributed by atoms with Crippen LogP contribution in [0.2, 0.25) is 0 Å². The van der Waals surface area contributed by atoms with Gasteiger partial charge >= 0.3 is 6.03 Å². The molecule has 0 saturated carbocycles. The molecule has 2 N–H and O–H groups in total. The van der Waals surface area contributed by atoms with E-state index in [4.69, 9.17) is 4.98 Å². The van der Waals surface area contributed by atoms with Gasteiger partial charge in [0.1, 0.15) is 5.01 Å². The summed E-state index contributed by atoms with van der Waals surface area (Å²) in [6.07, 6.45) is 0. The molecule has 0 bridgehead atoms. The van der Waals surface area contributed by atoms with Crippen LogP contribution in [0.4, 0.5) is 16.2 Å². The molecule has 0 fully saturated rings. The Kier molecular flexibility index (Phi) is 4.92. The fourth-order valence-corrected chi connectivity index (χ4v) is 3.98. The molecule has 0 aliphatic heterocycles. The van der Waals surface area contributed by atoms with Crippen molar-refractivity contribution in [3.8, 4) is 10.6 Å². The normalized spacial score (nSPS) is 10.7. The third kappa shape index (κ3) is 4.02. The number of nitrogens with one attached hydrogen (secondary N) is 2. The first-order valence-corrected chi connectivity index (χ1v) is 9.99. The molecule has 3 aromatic carbocycles. The number of hydrogen-bond donors (Lipinski definition) is 2. The van der Waals surface area contributed by atoms with Gasteiger partial charge in [-0.15, -0.1) is 11.3 Å². The first-order chi connectivity index (χ1) is 13.1. The number of urea groups is 1. The monoisotopic (exact) mass is 437 g/mol. The van der Waals surface area contributed by atoms with E-state index in [-0.39, 0.29) is 6.03 Å². The van der Waals surface area contributed by atoms with Gasteiger partial charge in [0.05, 0.1) is 10.2 Å². The molecule has 6 heteroatoms. The van der Waals surface area contributed by atoms with Crippen LogP contribution in [0, 0.1) is 6.92 Å². The van der Waals surface area contributed by atoms with Gasteiger partial charge in [0, 0.05) is 21.4 Å². The zero-order valence-corrected chi connectivity index (χ0v) is 16.9. The quantitative estimate of drug-likeness (QED) is 0.375. The van der Waals surface area contributed by atoms with Crippen LogP contribution in [0.3, 0.4) is 0 Å². The topological polar surface area (TPSA) is 54.0 Å². The number of nitrogens with zero attached hydrogens (tertiary/aromatic N) is 1. The molecule has 4 rings (SSSR count). The van der Waals surface area contributed by atoms with Crippen LogP contribution in [-0.2, 0) is 0 Å². The largest absolute Gasteiger partial charge is 0.323 e. The third-order valence-electron chi connectivity index (χ3n) is 4.12. The van der Waals surface area contributed by atoms with Crippen molar-refractivity contribution in [2.45, 2.75) is 6.92 Å². The molecular formula is C21H16BrN3OS. The molecule has 0 saturated heterocycles. The lowest BCUT2D eigenvalue weighted by Crippen LogP contribution is -2.19. The van der Waals surface area contributed by atoms with E-state index in [1.54, 1.807) is 11.3 Å². The first kappa shape index (κ1) is 17.7. The number of hydrogen-bond acceptors (Lipinski definition) is 3. The van der Waals surface area contributed by atoms with E-state index in [1.807, 2.05) is 67.6 Å². The summed E-state index contributed by atoms with van der Waals surface area (Å²) in [6, 6.07) is 21.2. The number of para-hydroxylation sites is 1. The lowest BCUT2D eigenvalue weighted by molar-refractivity contribution is 0.262. The van der Waals surface area contributed by atoms with Crippen LogP contribution in [0.15, 0.2) is 71.2 Å². The highest BCUT2D eigenvalue weighted by Crippen LogP contribution is 2.32. The molecule has 1 heterocycles. The van der Waals surface area contributed by atoms with Crippen molar-refractivity contribution < 1.29 is 4.79 Å². The molecule has 2 amide bonds. The van der Waals surface area contributed by atoms with Crippen LogP contribution < -0.4 is 10.6 Å². The molecule has 0 atom stereocenters. The van der Waals surface area contributed by atoms with E-state index >= 15 is 0 Å². The van der Waals surface area contributed by atoms with Crippen molar-refractivity contribution in [3.05, 3.63) is 76.8 Å². The number of aryl methyl sites for hydroxylation is 1. The van der Waals surface area contributed by atoms with Gasteiger partial charge in [-0.25, -0.2) is 9.78 Å². The maximum atomic E-state index is 12.2. The molecule has 0 unspecified atom stereocenters. The van der Waals surface area contributed by atoms with E-state index in [0.717, 1.165) is 37.5 Å². The highest BCUT2D eigenvalue weighted by atomic mass is 79.9. The fourth-order valence-electron chi connectivity index (χ4n) is 2.75. The van der Waals surface area contributed by atoms with Gasteiger partial charge in [0.2, 0.25) is 0 Å². The molecule has 134 valence electrons. The van der Waals surface area contributed by atoms with Gasteiger partial charge < -0.3 is 10.6 Å². The SMILES string of the molecule is Cc1cc(-c2nc3ccccc3s2)ccc1NC(=O)Nc1ccc(Br)cc1. The maximum Gasteiger partial charge on any atom is 0.323 e. The van der Waals surface area contributed by atoms with Gasteiger partial charge in [-0.1, -0.05) is 28.1 Å². The van der Waals surface area contributed by atoms with Crippen molar-refractivity contribution in [3.63, 3.8) is 0 Å². The number of halogens is 1. The van der Waals surface area contributed by atoms with Gasteiger partial charge in [-0.3, -0.25) is 0 Å². The zero-order chi connectivity index (χ0) is 18.8. The number of amides is 2. The first-order valence-electron chi connectivity index (χ1n) is 8.39. The number of aromatic nitrogens is 1. The summed E-state index contributed by atoms with van der Waals surface area (Å²) in [4.78, 5) is 16.9. The van der Waals surface area contributed by atoms with Crippen molar-refractivity contribution in [2.75, 3.05) is 10.6 Å². The van der Waals surface area contributed by atoms with Crippen LogP contribution in [-0.4, -0.2) is 11.0 Å². The summed E-state index contributed by atoms with van der Waals surface area (Å²) in [7, 11) is 0. The Morgan fingerprint density at radius 1 is 1.00 bits per heavy atom. The molecule has 1 aromatic heterocycles. The number of fused-ring (bicyclic) bond motifs is 1. The Morgan fingerprint density at radius 2 is 1.78 bits per heavy atom. The Bertz CT molecular complexity index is 1090. The zero-order valence-electron chi connectivity index (χ0n) is 14.5. The van der Waals surface area contributed by atoms with Crippen molar-refractivity contribution in [2.24, 2.45) is 0 Å². The van der Waals surface area contributed by atoms with Crippen LogP contribution >= 0.6 is 27.3 Å². The number of benzene rings is 3. The number of thiazole rings is 1. The minimum Gasteiger partial charge on any atom is -0.308 e. The molecule has 0 aliphatic rings. The van der Waals surface area contributed by atoms with E-state index in [1.165, 1.54) is 4.70 Å². The third-order valence-corrected chi connectivity index (χ3v) is 5.73. The summed E-state index contributed by atoms with van der Waals surface area (Å²) < 4.78 is 2.14. The minimum absolute atomic E-state index is 0.270. The summed E-state index contributed by atoms with van der Waals surface area (Å²) in [5.41, 5.74) is 4.55. The number of rotatable bonds is 3. The van der Waals surface area contributed by atoms with Gasteiger partial charge in [-0.05, 0) is 67.1 Å². The van der Waals surface area contributed by atoms with Gasteiger partial charge in [-0.2, -0.15) is 0 Å². The summed E-state index contributed by atoms with van der Waals surface area (Å²) in [5, 5.41) is 6.70. The molecule has 27 heavy (non-hydrogen) atoms. The van der Waals surface area contributed by atoms with E-state index in [2.05, 4.69) is 32.6 Å². The number of carbonyl (C=O) groups excluding carboxylic acids is 1. The Balaban J connectivity index is 1.51. The summed E-state index contributed by atoms with van der Waals surface area (Å²) >= 11 is 5.05. The van der Waals surface area contributed by atoms with Crippen LogP contribution in [0.1, 0.15) is 5.56 Å². The lowest BCUT2D eigenvalue weighted by Gasteiger charge is -2.11. The van der Waals surface area contributed by atoms with Gasteiger partial charge in [0.15, 0.2) is 0 Å². The van der Waals surface area contributed by atoms with E-state index in [0.29, 0.717) is 0 Å². The average Bonchev–Trinajstić information content (AvgIpc) is 3.09. The predicted molar refractivity (Wildman–Crippen MR) is 117 cm³/mol. The summed E-state index contributed by atoms with van der Waals surface area (Å²) in [5.74, 6) is 0. The summed E-state index contributed by atoms with van der Waals surface area (Å²) in [6.45, 7) is 1.98. The average molecular weight is 438 g/mol. The highest BCUT2D eigenvalue weighted by Gasteiger charge is 2.09. The van der Waals surface area contributed by atoms with Crippen molar-refractivity contribution in [1.82, 2.24) is 4.98 Å².